The molecule has 6 heteroatoms. The summed E-state index contributed by atoms with van der Waals surface area (Å²) in [4.78, 5) is 1.36. The van der Waals surface area contributed by atoms with Gasteiger partial charge < -0.3 is 5.32 Å². The average molecular weight is 223 g/mol. The zero-order chi connectivity index (χ0) is 10.5. The van der Waals surface area contributed by atoms with Gasteiger partial charge in [-0.1, -0.05) is 6.07 Å². The van der Waals surface area contributed by atoms with Crippen LogP contribution in [0.3, 0.4) is 0 Å². The SMILES string of the molecule is CNCc1nnnn1CCc1cccs1. The van der Waals surface area contributed by atoms with Gasteiger partial charge >= 0.3 is 0 Å². The summed E-state index contributed by atoms with van der Waals surface area (Å²) in [5, 5.41) is 16.7. The summed E-state index contributed by atoms with van der Waals surface area (Å²) >= 11 is 1.77. The van der Waals surface area contributed by atoms with Crippen molar-refractivity contribution < 1.29 is 0 Å². The second kappa shape index (κ2) is 4.99. The molecule has 5 nitrogen and oxygen atoms in total. The number of rotatable bonds is 5. The van der Waals surface area contributed by atoms with Gasteiger partial charge in [0.1, 0.15) is 0 Å². The fourth-order valence-electron chi connectivity index (χ4n) is 1.35. The van der Waals surface area contributed by atoms with Crippen molar-refractivity contribution in [3.8, 4) is 0 Å². The Balaban J connectivity index is 1.95. The Morgan fingerprint density at radius 1 is 1.53 bits per heavy atom. The summed E-state index contributed by atoms with van der Waals surface area (Å²) in [6, 6.07) is 4.20. The lowest BCUT2D eigenvalue weighted by Gasteiger charge is -2.02. The number of hydrogen-bond acceptors (Lipinski definition) is 5. The molecule has 0 fully saturated rings. The van der Waals surface area contributed by atoms with Crippen molar-refractivity contribution >= 4 is 11.3 Å². The number of thiophene rings is 1. The van der Waals surface area contributed by atoms with Gasteiger partial charge in [0.15, 0.2) is 5.82 Å². The summed E-state index contributed by atoms with van der Waals surface area (Å²) in [6.45, 7) is 1.54. The van der Waals surface area contributed by atoms with Gasteiger partial charge in [-0.25, -0.2) is 4.68 Å². The molecule has 2 heterocycles. The van der Waals surface area contributed by atoms with Crippen LogP contribution in [-0.2, 0) is 19.5 Å². The summed E-state index contributed by atoms with van der Waals surface area (Å²) in [5.74, 6) is 0.883. The Bertz CT molecular complexity index is 394. The normalized spacial score (nSPS) is 10.7. The number of aromatic nitrogens is 4. The standard InChI is InChI=1S/C9H13N5S/c1-10-7-9-11-12-13-14(9)5-4-8-3-2-6-15-8/h2-3,6,10H,4-5,7H2,1H3. The van der Waals surface area contributed by atoms with E-state index in [9.17, 15) is 0 Å². The van der Waals surface area contributed by atoms with E-state index in [2.05, 4.69) is 38.4 Å². The Labute approximate surface area is 92.1 Å². The van der Waals surface area contributed by atoms with Crippen molar-refractivity contribution in [2.75, 3.05) is 7.05 Å². The molecule has 2 aromatic rings. The van der Waals surface area contributed by atoms with Gasteiger partial charge in [-0.15, -0.1) is 16.4 Å². The molecule has 80 valence electrons. The van der Waals surface area contributed by atoms with Crippen LogP contribution in [-0.4, -0.2) is 27.3 Å². The molecule has 1 N–H and O–H groups in total. The topological polar surface area (TPSA) is 55.6 Å². The van der Waals surface area contributed by atoms with Gasteiger partial charge in [0.25, 0.3) is 0 Å². The molecule has 0 aliphatic carbocycles. The maximum Gasteiger partial charge on any atom is 0.165 e. The first-order chi connectivity index (χ1) is 7.40. The highest BCUT2D eigenvalue weighted by Crippen LogP contribution is 2.09. The third-order valence-electron chi connectivity index (χ3n) is 2.09. The monoisotopic (exact) mass is 223 g/mol. The molecule has 0 aromatic carbocycles. The number of nitrogens with one attached hydrogen (secondary N) is 1. The Kier molecular flexibility index (Phi) is 3.41. The van der Waals surface area contributed by atoms with Crippen LogP contribution in [0.4, 0.5) is 0 Å². The van der Waals surface area contributed by atoms with Crippen LogP contribution in [0, 0.1) is 0 Å². The highest BCUT2D eigenvalue weighted by Gasteiger charge is 2.04. The van der Waals surface area contributed by atoms with Crippen molar-refractivity contribution in [2.45, 2.75) is 19.5 Å². The van der Waals surface area contributed by atoms with Gasteiger partial charge in [-0.3, -0.25) is 0 Å². The van der Waals surface area contributed by atoms with E-state index in [1.165, 1.54) is 4.88 Å². The van der Waals surface area contributed by atoms with Crippen molar-refractivity contribution in [3.05, 3.63) is 28.2 Å². The van der Waals surface area contributed by atoms with Gasteiger partial charge in [-0.05, 0) is 28.9 Å². The third kappa shape index (κ3) is 2.60. The Hall–Kier alpha value is -1.27. The van der Waals surface area contributed by atoms with Gasteiger partial charge in [-0.2, -0.15) is 0 Å². The maximum absolute atomic E-state index is 3.95. The Morgan fingerprint density at radius 3 is 3.20 bits per heavy atom. The first-order valence-electron chi connectivity index (χ1n) is 4.82. The molecule has 2 aromatic heterocycles. The van der Waals surface area contributed by atoms with E-state index in [0.29, 0.717) is 6.54 Å². The van der Waals surface area contributed by atoms with Crippen molar-refractivity contribution in [1.82, 2.24) is 25.5 Å². The number of aryl methyl sites for hydroxylation is 2. The lowest BCUT2D eigenvalue weighted by Crippen LogP contribution is -2.14. The summed E-state index contributed by atoms with van der Waals surface area (Å²) in [5.41, 5.74) is 0. The quantitative estimate of drug-likeness (QED) is 0.810. The largest absolute Gasteiger partial charge is 0.313 e. The fourth-order valence-corrected chi connectivity index (χ4v) is 2.05. The molecule has 0 amide bonds. The highest BCUT2D eigenvalue weighted by molar-refractivity contribution is 7.09. The molecule has 2 rings (SSSR count). The molecule has 0 aliphatic rings. The maximum atomic E-state index is 3.95. The summed E-state index contributed by atoms with van der Waals surface area (Å²) in [6.07, 6.45) is 0.986. The summed E-state index contributed by atoms with van der Waals surface area (Å²) < 4.78 is 1.84. The van der Waals surface area contributed by atoms with Gasteiger partial charge in [0.2, 0.25) is 0 Å². The zero-order valence-corrected chi connectivity index (χ0v) is 9.37. The summed E-state index contributed by atoms with van der Waals surface area (Å²) in [7, 11) is 1.89. The van der Waals surface area contributed by atoms with Crippen molar-refractivity contribution in [1.29, 1.82) is 0 Å². The average Bonchev–Trinajstić information content (AvgIpc) is 2.85. The number of hydrogen-bond donors (Lipinski definition) is 1. The molecule has 0 saturated carbocycles. The zero-order valence-electron chi connectivity index (χ0n) is 8.55. The van der Waals surface area contributed by atoms with Crippen molar-refractivity contribution in [2.24, 2.45) is 0 Å². The first kappa shape index (κ1) is 10.3. The minimum atomic E-state index is 0.706. The minimum Gasteiger partial charge on any atom is -0.313 e. The predicted octanol–water partition coefficient (Wildman–Crippen LogP) is 0.697. The molecular weight excluding hydrogens is 210 g/mol. The van der Waals surface area contributed by atoms with Gasteiger partial charge in [0.05, 0.1) is 6.54 Å². The predicted molar refractivity (Wildman–Crippen MR) is 58.6 cm³/mol. The molecule has 0 bridgehead atoms. The van der Waals surface area contributed by atoms with Crippen LogP contribution in [0.5, 0.6) is 0 Å². The molecule has 0 spiro atoms. The van der Waals surface area contributed by atoms with Crippen molar-refractivity contribution in [3.63, 3.8) is 0 Å². The molecule has 0 radical (unpaired) electrons. The van der Waals surface area contributed by atoms with E-state index < -0.39 is 0 Å². The van der Waals surface area contributed by atoms with E-state index in [1.807, 2.05) is 11.7 Å². The van der Waals surface area contributed by atoms with E-state index in [4.69, 9.17) is 0 Å². The Morgan fingerprint density at radius 2 is 2.47 bits per heavy atom. The fraction of sp³-hybridized carbons (Fsp3) is 0.444. The molecular formula is C9H13N5S. The van der Waals surface area contributed by atoms with Gasteiger partial charge in [0, 0.05) is 17.8 Å². The molecule has 0 atom stereocenters. The van der Waals surface area contributed by atoms with Crippen LogP contribution < -0.4 is 5.32 Å². The molecule has 0 saturated heterocycles. The van der Waals surface area contributed by atoms with Crippen LogP contribution in [0.1, 0.15) is 10.7 Å². The minimum absolute atomic E-state index is 0.706. The smallest absolute Gasteiger partial charge is 0.165 e. The van der Waals surface area contributed by atoms with E-state index in [-0.39, 0.29) is 0 Å². The lowest BCUT2D eigenvalue weighted by atomic mass is 10.3. The second-order valence-corrected chi connectivity index (χ2v) is 4.21. The number of nitrogens with zero attached hydrogens (tertiary/aromatic N) is 4. The molecule has 15 heavy (non-hydrogen) atoms. The van der Waals surface area contributed by atoms with Crippen LogP contribution in [0.15, 0.2) is 17.5 Å². The van der Waals surface area contributed by atoms with E-state index in [0.717, 1.165) is 18.8 Å². The second-order valence-electron chi connectivity index (χ2n) is 3.18. The van der Waals surface area contributed by atoms with E-state index in [1.54, 1.807) is 11.3 Å². The molecule has 0 aliphatic heterocycles. The number of tetrazole rings is 1. The highest BCUT2D eigenvalue weighted by atomic mass is 32.1. The van der Waals surface area contributed by atoms with Crippen LogP contribution >= 0.6 is 11.3 Å². The van der Waals surface area contributed by atoms with Crippen LogP contribution in [0.25, 0.3) is 0 Å². The lowest BCUT2D eigenvalue weighted by molar-refractivity contribution is 0.555. The van der Waals surface area contributed by atoms with E-state index >= 15 is 0 Å². The third-order valence-corrected chi connectivity index (χ3v) is 3.03. The molecule has 0 unspecified atom stereocenters. The first-order valence-corrected chi connectivity index (χ1v) is 5.70. The van der Waals surface area contributed by atoms with Crippen LogP contribution in [0.2, 0.25) is 0 Å².